The van der Waals surface area contributed by atoms with Crippen LogP contribution in [0.1, 0.15) is 12.8 Å². The first-order valence-electron chi connectivity index (χ1n) is 5.71. The normalized spacial score (nSPS) is 23.1. The molecule has 0 amide bonds. The number of carbonyl (C=O) groups excluding carboxylic acids is 1. The first-order chi connectivity index (χ1) is 8.60. The molecule has 0 aromatic carbocycles. The predicted molar refractivity (Wildman–Crippen MR) is 61.8 cm³/mol. The molecule has 0 saturated heterocycles. The molecule has 0 fully saturated rings. The van der Waals surface area contributed by atoms with Gasteiger partial charge in [-0.1, -0.05) is 12.2 Å². The summed E-state index contributed by atoms with van der Waals surface area (Å²) in [7, 11) is 2.87. The van der Waals surface area contributed by atoms with Crippen molar-refractivity contribution < 1.29 is 28.9 Å². The van der Waals surface area contributed by atoms with Crippen molar-refractivity contribution in [2.75, 3.05) is 20.8 Å². The smallest absolute Gasteiger partial charge is 0.313 e. The Labute approximate surface area is 106 Å². The zero-order valence-electron chi connectivity index (χ0n) is 10.5. The molecule has 0 heterocycles. The number of aliphatic carboxylic acids is 1. The van der Waals surface area contributed by atoms with Gasteiger partial charge in [0, 0.05) is 14.2 Å². The van der Waals surface area contributed by atoms with Crippen LogP contribution in [0.15, 0.2) is 12.2 Å². The van der Waals surface area contributed by atoms with Crippen LogP contribution in [0.2, 0.25) is 0 Å². The van der Waals surface area contributed by atoms with Crippen molar-refractivity contribution in [3.63, 3.8) is 0 Å². The van der Waals surface area contributed by atoms with Crippen molar-refractivity contribution in [1.29, 1.82) is 0 Å². The summed E-state index contributed by atoms with van der Waals surface area (Å²) in [6.07, 6.45) is 3.88. The van der Waals surface area contributed by atoms with Gasteiger partial charge in [0.15, 0.2) is 6.29 Å². The quantitative estimate of drug-likeness (QED) is 0.431. The van der Waals surface area contributed by atoms with E-state index in [0.29, 0.717) is 12.8 Å². The Bertz CT molecular complexity index is 321. The van der Waals surface area contributed by atoms with Crippen LogP contribution in [0.4, 0.5) is 0 Å². The molecule has 1 aliphatic carbocycles. The number of rotatable bonds is 6. The van der Waals surface area contributed by atoms with Gasteiger partial charge in [0.2, 0.25) is 0 Å². The van der Waals surface area contributed by atoms with Gasteiger partial charge in [-0.25, -0.2) is 0 Å². The molecule has 6 heteroatoms. The number of carboxylic acids is 1. The highest BCUT2D eigenvalue weighted by molar-refractivity contribution is 5.83. The highest BCUT2D eigenvalue weighted by Gasteiger charge is 2.34. The number of esters is 1. The third-order valence-corrected chi connectivity index (χ3v) is 2.90. The van der Waals surface area contributed by atoms with E-state index in [2.05, 4.69) is 0 Å². The average Bonchev–Trinajstić information content (AvgIpc) is 2.39. The average molecular weight is 258 g/mol. The minimum absolute atomic E-state index is 0.0531. The van der Waals surface area contributed by atoms with Crippen molar-refractivity contribution >= 4 is 11.9 Å². The second-order valence-corrected chi connectivity index (χ2v) is 4.01. The molecule has 1 aliphatic rings. The number of hydrogen-bond acceptors (Lipinski definition) is 5. The molecule has 0 aromatic heterocycles. The van der Waals surface area contributed by atoms with E-state index in [4.69, 9.17) is 19.3 Å². The standard InChI is InChI=1S/C12H18O6/c1-16-10(17-2)7-18-12(15)9-6-4-3-5-8(9)11(13)14/h4,6,8-10H,3,5,7H2,1-2H3,(H,13,14). The first-order valence-corrected chi connectivity index (χ1v) is 5.71. The van der Waals surface area contributed by atoms with Gasteiger partial charge in [0.1, 0.15) is 6.61 Å². The van der Waals surface area contributed by atoms with Gasteiger partial charge in [-0.3, -0.25) is 9.59 Å². The molecule has 2 atom stereocenters. The van der Waals surface area contributed by atoms with Crippen LogP contribution in [-0.4, -0.2) is 44.2 Å². The lowest BCUT2D eigenvalue weighted by Gasteiger charge is -2.23. The van der Waals surface area contributed by atoms with Gasteiger partial charge >= 0.3 is 11.9 Å². The number of carboxylic acid groups (broad SMARTS) is 1. The summed E-state index contributed by atoms with van der Waals surface area (Å²) < 4.78 is 14.8. The van der Waals surface area contributed by atoms with E-state index in [0.717, 1.165) is 0 Å². The maximum atomic E-state index is 11.8. The molecule has 0 spiro atoms. The fourth-order valence-corrected chi connectivity index (χ4v) is 1.83. The summed E-state index contributed by atoms with van der Waals surface area (Å²) in [4.78, 5) is 22.8. The van der Waals surface area contributed by atoms with Gasteiger partial charge in [0.05, 0.1) is 11.8 Å². The topological polar surface area (TPSA) is 82.1 Å². The molecule has 102 valence electrons. The Balaban J connectivity index is 2.56. The third kappa shape index (κ3) is 3.82. The molecular formula is C12H18O6. The summed E-state index contributed by atoms with van der Waals surface area (Å²) in [5.74, 6) is -2.98. The molecule has 0 radical (unpaired) electrons. The second-order valence-electron chi connectivity index (χ2n) is 4.01. The summed E-state index contributed by atoms with van der Waals surface area (Å²) in [6, 6.07) is 0. The van der Waals surface area contributed by atoms with E-state index >= 15 is 0 Å². The van der Waals surface area contributed by atoms with Crippen LogP contribution in [0, 0.1) is 11.8 Å². The van der Waals surface area contributed by atoms with E-state index < -0.39 is 30.1 Å². The Morgan fingerprint density at radius 3 is 2.61 bits per heavy atom. The molecule has 1 N–H and O–H groups in total. The monoisotopic (exact) mass is 258 g/mol. The Morgan fingerprint density at radius 2 is 2.06 bits per heavy atom. The van der Waals surface area contributed by atoms with Gasteiger partial charge in [-0.05, 0) is 12.8 Å². The van der Waals surface area contributed by atoms with Crippen LogP contribution in [0.5, 0.6) is 0 Å². The van der Waals surface area contributed by atoms with Gasteiger partial charge in [0.25, 0.3) is 0 Å². The molecule has 18 heavy (non-hydrogen) atoms. The van der Waals surface area contributed by atoms with Crippen molar-refractivity contribution in [2.24, 2.45) is 11.8 Å². The number of ether oxygens (including phenoxy) is 3. The fraction of sp³-hybridized carbons (Fsp3) is 0.667. The highest BCUT2D eigenvalue weighted by Crippen LogP contribution is 2.26. The van der Waals surface area contributed by atoms with Crippen LogP contribution in [0.25, 0.3) is 0 Å². The number of hydrogen-bond donors (Lipinski definition) is 1. The van der Waals surface area contributed by atoms with Crippen LogP contribution < -0.4 is 0 Å². The van der Waals surface area contributed by atoms with Gasteiger partial charge in [-0.2, -0.15) is 0 Å². The fourth-order valence-electron chi connectivity index (χ4n) is 1.83. The van der Waals surface area contributed by atoms with Gasteiger partial charge < -0.3 is 19.3 Å². The lowest BCUT2D eigenvalue weighted by Crippen LogP contribution is -2.33. The Hall–Kier alpha value is -1.40. The Kier molecular flexibility index (Phi) is 5.80. The van der Waals surface area contributed by atoms with E-state index in [1.54, 1.807) is 12.2 Å². The zero-order chi connectivity index (χ0) is 13.5. The minimum atomic E-state index is -0.976. The number of methoxy groups -OCH3 is 2. The first kappa shape index (κ1) is 14.7. The SMILES string of the molecule is COC(COC(=O)C1C=CCCC1C(=O)O)OC. The minimum Gasteiger partial charge on any atom is -0.481 e. The summed E-state index contributed by atoms with van der Waals surface area (Å²) in [6.45, 7) is -0.0531. The van der Waals surface area contributed by atoms with E-state index in [-0.39, 0.29) is 6.61 Å². The van der Waals surface area contributed by atoms with Gasteiger partial charge in [-0.15, -0.1) is 0 Å². The molecule has 0 aromatic rings. The van der Waals surface area contributed by atoms with Crippen molar-refractivity contribution in [1.82, 2.24) is 0 Å². The molecule has 0 bridgehead atoms. The van der Waals surface area contributed by atoms with E-state index in [9.17, 15) is 9.59 Å². The largest absolute Gasteiger partial charge is 0.481 e. The summed E-state index contributed by atoms with van der Waals surface area (Å²) in [5, 5.41) is 9.04. The summed E-state index contributed by atoms with van der Waals surface area (Å²) >= 11 is 0. The third-order valence-electron chi connectivity index (χ3n) is 2.90. The lowest BCUT2D eigenvalue weighted by atomic mass is 9.84. The van der Waals surface area contributed by atoms with Crippen molar-refractivity contribution in [3.05, 3.63) is 12.2 Å². The second kappa shape index (κ2) is 7.13. The summed E-state index contributed by atoms with van der Waals surface area (Å²) in [5.41, 5.74) is 0. The van der Waals surface area contributed by atoms with Crippen molar-refractivity contribution in [2.45, 2.75) is 19.1 Å². The predicted octanol–water partition coefficient (Wildman–Crippen LogP) is 0.815. The van der Waals surface area contributed by atoms with Crippen LogP contribution in [-0.2, 0) is 23.8 Å². The van der Waals surface area contributed by atoms with Crippen LogP contribution >= 0.6 is 0 Å². The molecule has 0 saturated carbocycles. The molecule has 6 nitrogen and oxygen atoms in total. The maximum absolute atomic E-state index is 11.8. The highest BCUT2D eigenvalue weighted by atomic mass is 16.7. The number of carbonyl (C=O) groups is 2. The molecule has 2 unspecified atom stereocenters. The van der Waals surface area contributed by atoms with Crippen LogP contribution in [0.3, 0.4) is 0 Å². The van der Waals surface area contributed by atoms with E-state index in [1.807, 2.05) is 0 Å². The molecular weight excluding hydrogens is 240 g/mol. The van der Waals surface area contributed by atoms with E-state index in [1.165, 1.54) is 14.2 Å². The molecule has 1 rings (SSSR count). The van der Waals surface area contributed by atoms with Crippen molar-refractivity contribution in [3.8, 4) is 0 Å². The number of allylic oxidation sites excluding steroid dienone is 1. The zero-order valence-corrected chi connectivity index (χ0v) is 10.5. The lowest BCUT2D eigenvalue weighted by molar-refractivity contribution is -0.172. The molecule has 0 aliphatic heterocycles. The Morgan fingerprint density at radius 1 is 1.39 bits per heavy atom. The maximum Gasteiger partial charge on any atom is 0.313 e.